The molecule has 0 fully saturated rings. The average molecular weight is 381 g/mol. The van der Waals surface area contributed by atoms with E-state index in [1.165, 1.54) is 19.3 Å². The second kappa shape index (κ2) is 11.3. The third-order valence-corrected chi connectivity index (χ3v) is 4.91. The van der Waals surface area contributed by atoms with Gasteiger partial charge < -0.3 is 15.4 Å². The van der Waals surface area contributed by atoms with E-state index < -0.39 is 5.91 Å². The number of unbranched alkanes of at least 4 members (excludes halogenated alkanes) is 3. The number of carbonyl (C=O) groups excluding carboxylic acids is 1. The van der Waals surface area contributed by atoms with Gasteiger partial charge in [0, 0.05) is 12.1 Å². The standard InChI is InChI=1S/C24H32N2O2/c1-4-16-26(3)17-7-5-6-8-18-28-21-14-12-20(13-15-21)22-10-9-11-23(19(22)2)24(25)27/h4,9-15H,1,5-8,16-18H2,2-3H3,(H2,25,27). The molecule has 0 bridgehead atoms. The number of likely N-dealkylation sites (N-methyl/N-ethyl adjacent to an activating group) is 1. The maximum absolute atomic E-state index is 11.5. The van der Waals surface area contributed by atoms with E-state index >= 15 is 0 Å². The highest BCUT2D eigenvalue weighted by Gasteiger charge is 2.10. The molecule has 0 unspecified atom stereocenters. The van der Waals surface area contributed by atoms with E-state index in [1.54, 1.807) is 6.07 Å². The van der Waals surface area contributed by atoms with Crippen LogP contribution in [0, 0.1) is 6.92 Å². The first-order chi connectivity index (χ1) is 13.5. The maximum Gasteiger partial charge on any atom is 0.248 e. The third-order valence-electron chi connectivity index (χ3n) is 4.91. The molecule has 0 aliphatic carbocycles. The molecule has 4 heteroatoms. The number of benzene rings is 2. The van der Waals surface area contributed by atoms with Crippen LogP contribution >= 0.6 is 0 Å². The highest BCUT2D eigenvalue weighted by molar-refractivity contribution is 5.96. The SMILES string of the molecule is C=CCN(C)CCCCCCOc1ccc(-c2cccc(C(N)=O)c2C)cc1. The van der Waals surface area contributed by atoms with Gasteiger partial charge >= 0.3 is 0 Å². The quantitative estimate of drug-likeness (QED) is 0.424. The molecule has 0 heterocycles. The first-order valence-corrected chi connectivity index (χ1v) is 9.95. The molecule has 0 saturated carbocycles. The summed E-state index contributed by atoms with van der Waals surface area (Å²) in [5, 5.41) is 0. The number of hydrogen-bond donors (Lipinski definition) is 1. The molecule has 0 aliphatic heterocycles. The zero-order valence-corrected chi connectivity index (χ0v) is 17.1. The van der Waals surface area contributed by atoms with Crippen LogP contribution in [0.4, 0.5) is 0 Å². The van der Waals surface area contributed by atoms with Gasteiger partial charge in [-0.1, -0.05) is 43.2 Å². The van der Waals surface area contributed by atoms with E-state index in [9.17, 15) is 4.79 Å². The minimum absolute atomic E-state index is 0.397. The van der Waals surface area contributed by atoms with Gasteiger partial charge in [0.05, 0.1) is 6.61 Å². The van der Waals surface area contributed by atoms with Crippen LogP contribution in [0.2, 0.25) is 0 Å². The summed E-state index contributed by atoms with van der Waals surface area (Å²) in [6.45, 7) is 8.48. The predicted octanol–water partition coefficient (Wildman–Crippen LogP) is 4.82. The number of primary amides is 1. The number of nitrogens with zero attached hydrogens (tertiary/aromatic N) is 1. The van der Waals surface area contributed by atoms with Crippen LogP contribution in [0.15, 0.2) is 55.1 Å². The topological polar surface area (TPSA) is 55.6 Å². The van der Waals surface area contributed by atoms with Gasteiger partial charge in [-0.15, -0.1) is 6.58 Å². The van der Waals surface area contributed by atoms with E-state index in [1.807, 2.05) is 49.4 Å². The van der Waals surface area contributed by atoms with Gasteiger partial charge in [0.1, 0.15) is 5.75 Å². The minimum atomic E-state index is -0.397. The van der Waals surface area contributed by atoms with Crippen LogP contribution < -0.4 is 10.5 Å². The van der Waals surface area contributed by atoms with E-state index in [-0.39, 0.29) is 0 Å². The molecule has 2 N–H and O–H groups in total. The zero-order chi connectivity index (χ0) is 20.4. The number of hydrogen-bond acceptors (Lipinski definition) is 3. The van der Waals surface area contributed by atoms with Crippen molar-refractivity contribution in [3.05, 3.63) is 66.2 Å². The Kier molecular flexibility index (Phi) is 8.76. The molecule has 1 amide bonds. The van der Waals surface area contributed by atoms with Crippen molar-refractivity contribution in [2.75, 3.05) is 26.7 Å². The first kappa shape index (κ1) is 21.7. The van der Waals surface area contributed by atoms with Gasteiger partial charge in [-0.3, -0.25) is 4.79 Å². The molecule has 2 aromatic rings. The highest BCUT2D eigenvalue weighted by Crippen LogP contribution is 2.27. The molecule has 0 aromatic heterocycles. The molecule has 0 saturated heterocycles. The second-order valence-electron chi connectivity index (χ2n) is 7.18. The van der Waals surface area contributed by atoms with Crippen molar-refractivity contribution in [1.82, 2.24) is 4.90 Å². The second-order valence-corrected chi connectivity index (χ2v) is 7.18. The van der Waals surface area contributed by atoms with Crippen LogP contribution in [-0.4, -0.2) is 37.6 Å². The van der Waals surface area contributed by atoms with Crippen molar-refractivity contribution >= 4 is 5.91 Å². The van der Waals surface area contributed by atoms with E-state index in [0.29, 0.717) is 5.56 Å². The molecule has 2 rings (SSSR count). The zero-order valence-electron chi connectivity index (χ0n) is 17.1. The van der Waals surface area contributed by atoms with E-state index in [2.05, 4.69) is 18.5 Å². The monoisotopic (exact) mass is 380 g/mol. The number of amides is 1. The number of ether oxygens (including phenoxy) is 1. The lowest BCUT2D eigenvalue weighted by Crippen LogP contribution is -2.19. The first-order valence-electron chi connectivity index (χ1n) is 9.95. The van der Waals surface area contributed by atoms with Crippen molar-refractivity contribution in [2.45, 2.75) is 32.6 Å². The smallest absolute Gasteiger partial charge is 0.248 e. The summed E-state index contributed by atoms with van der Waals surface area (Å²) in [5.74, 6) is 0.477. The van der Waals surface area contributed by atoms with Gasteiger partial charge in [0.15, 0.2) is 0 Å². The lowest BCUT2D eigenvalue weighted by Gasteiger charge is -2.13. The van der Waals surface area contributed by atoms with Crippen LogP contribution in [-0.2, 0) is 0 Å². The molecule has 150 valence electrons. The fraction of sp³-hybridized carbons (Fsp3) is 0.375. The Morgan fingerprint density at radius 1 is 1.11 bits per heavy atom. The van der Waals surface area contributed by atoms with Crippen molar-refractivity contribution in [2.24, 2.45) is 5.73 Å². The Morgan fingerprint density at radius 3 is 2.50 bits per heavy atom. The van der Waals surface area contributed by atoms with Crippen molar-refractivity contribution in [3.63, 3.8) is 0 Å². The summed E-state index contributed by atoms with van der Waals surface area (Å²) in [5.41, 5.74) is 8.99. The van der Waals surface area contributed by atoms with Crippen LogP contribution in [0.25, 0.3) is 11.1 Å². The van der Waals surface area contributed by atoms with Crippen LogP contribution in [0.5, 0.6) is 5.75 Å². The Balaban J connectivity index is 1.77. The van der Waals surface area contributed by atoms with Gasteiger partial charge in [-0.2, -0.15) is 0 Å². The Labute approximate surface area is 169 Å². The number of nitrogens with two attached hydrogens (primary N) is 1. The molecule has 0 atom stereocenters. The lowest BCUT2D eigenvalue weighted by atomic mass is 9.96. The summed E-state index contributed by atoms with van der Waals surface area (Å²) in [6.07, 6.45) is 6.61. The van der Waals surface area contributed by atoms with Gasteiger partial charge in [0.2, 0.25) is 5.91 Å². The Bertz CT molecular complexity index is 769. The molecule has 2 aromatic carbocycles. The van der Waals surface area contributed by atoms with Gasteiger partial charge in [-0.25, -0.2) is 0 Å². The van der Waals surface area contributed by atoms with Crippen molar-refractivity contribution in [1.29, 1.82) is 0 Å². The summed E-state index contributed by atoms with van der Waals surface area (Å²) >= 11 is 0. The highest BCUT2D eigenvalue weighted by atomic mass is 16.5. The largest absolute Gasteiger partial charge is 0.494 e. The summed E-state index contributed by atoms with van der Waals surface area (Å²) in [7, 11) is 2.13. The molecule has 4 nitrogen and oxygen atoms in total. The summed E-state index contributed by atoms with van der Waals surface area (Å²) in [6, 6.07) is 13.6. The van der Waals surface area contributed by atoms with Crippen molar-refractivity contribution in [3.8, 4) is 16.9 Å². The average Bonchev–Trinajstić information content (AvgIpc) is 2.68. The van der Waals surface area contributed by atoms with E-state index in [0.717, 1.165) is 48.6 Å². The molecule has 28 heavy (non-hydrogen) atoms. The molecule has 0 radical (unpaired) electrons. The third kappa shape index (κ3) is 6.54. The van der Waals surface area contributed by atoms with Crippen LogP contribution in [0.1, 0.15) is 41.6 Å². The normalized spacial score (nSPS) is 10.8. The molecular formula is C24H32N2O2. The molecule has 0 aliphatic rings. The van der Waals surface area contributed by atoms with Crippen LogP contribution in [0.3, 0.4) is 0 Å². The van der Waals surface area contributed by atoms with Gasteiger partial charge in [-0.05, 0) is 68.2 Å². The number of rotatable bonds is 12. The lowest BCUT2D eigenvalue weighted by molar-refractivity contribution is 0.0999. The Morgan fingerprint density at radius 2 is 1.82 bits per heavy atom. The van der Waals surface area contributed by atoms with E-state index in [4.69, 9.17) is 10.5 Å². The minimum Gasteiger partial charge on any atom is -0.494 e. The fourth-order valence-corrected chi connectivity index (χ4v) is 3.29. The molecule has 0 spiro atoms. The maximum atomic E-state index is 11.5. The number of carbonyl (C=O) groups is 1. The summed E-state index contributed by atoms with van der Waals surface area (Å²) in [4.78, 5) is 13.8. The van der Waals surface area contributed by atoms with Gasteiger partial charge in [0.25, 0.3) is 0 Å². The van der Waals surface area contributed by atoms with Crippen molar-refractivity contribution < 1.29 is 9.53 Å². The fourth-order valence-electron chi connectivity index (χ4n) is 3.29. The Hall–Kier alpha value is -2.59. The molecular weight excluding hydrogens is 348 g/mol. The predicted molar refractivity (Wildman–Crippen MR) is 117 cm³/mol. The summed E-state index contributed by atoms with van der Waals surface area (Å²) < 4.78 is 5.86.